The number of sulfone groups is 2. The molecule has 0 bridgehead atoms. The average Bonchev–Trinajstić information content (AvgIpc) is 2.14. The maximum atomic E-state index is 11.5. The van der Waals surface area contributed by atoms with Gasteiger partial charge in [0.2, 0.25) is 0 Å². The highest BCUT2D eigenvalue weighted by atomic mass is 32.2. The minimum Gasteiger partial charge on any atom is -0.417 e. The van der Waals surface area contributed by atoms with Gasteiger partial charge >= 0.3 is 0 Å². The van der Waals surface area contributed by atoms with Crippen LogP contribution in [0.5, 0.6) is 0 Å². The molecule has 18 heavy (non-hydrogen) atoms. The Bertz CT molecular complexity index is 460. The van der Waals surface area contributed by atoms with E-state index in [1.54, 1.807) is 0 Å². The van der Waals surface area contributed by atoms with Gasteiger partial charge in [-0.3, -0.25) is 0 Å². The molecule has 0 amide bonds. The van der Waals surface area contributed by atoms with E-state index in [1.807, 2.05) is 19.6 Å². The lowest BCUT2D eigenvalue weighted by atomic mass is 10.9. The van der Waals surface area contributed by atoms with Crippen LogP contribution in [0, 0.1) is 0 Å². The second-order valence-electron chi connectivity index (χ2n) is 4.68. The molecule has 0 spiro atoms. The third kappa shape index (κ3) is 9.77. The van der Waals surface area contributed by atoms with Crippen molar-refractivity contribution in [2.24, 2.45) is 0 Å². The van der Waals surface area contributed by atoms with Gasteiger partial charge < -0.3 is 9.16 Å². The zero-order chi connectivity index (χ0) is 14.4. The molecule has 0 radical (unpaired) electrons. The van der Waals surface area contributed by atoms with Gasteiger partial charge in [-0.05, 0) is 19.6 Å². The summed E-state index contributed by atoms with van der Waals surface area (Å²) >= 11 is 0. The molecule has 0 atom stereocenters. The van der Waals surface area contributed by atoms with E-state index in [0.29, 0.717) is 0 Å². The van der Waals surface area contributed by atoms with Gasteiger partial charge in [0.05, 0.1) is 5.75 Å². The summed E-state index contributed by atoms with van der Waals surface area (Å²) < 4.78 is 55.0. The summed E-state index contributed by atoms with van der Waals surface area (Å²) in [5.74, 6) is -1.48. The summed E-state index contributed by atoms with van der Waals surface area (Å²) in [6, 6.07) is 0. The largest absolute Gasteiger partial charge is 0.417 e. The lowest BCUT2D eigenvalue weighted by Crippen LogP contribution is -2.29. The van der Waals surface area contributed by atoms with E-state index in [4.69, 9.17) is 4.43 Å². The summed E-state index contributed by atoms with van der Waals surface area (Å²) in [5, 5.41) is 0.730. The standard InChI is InChI=1S/C9H20O6S2Si/c1-5-16(10,11)8-14-9-17(12,13)7-6-15-18(2,3)4/h5H,1,6-9H2,2-4H3. The molecule has 0 saturated heterocycles. The zero-order valence-electron chi connectivity index (χ0n) is 10.9. The first-order valence-corrected chi connectivity index (χ1v) is 12.2. The molecule has 0 fully saturated rings. The monoisotopic (exact) mass is 316 g/mol. The molecule has 0 unspecified atom stereocenters. The Morgan fingerprint density at radius 3 is 2.11 bits per heavy atom. The SMILES string of the molecule is C=CS(=O)(=O)COCS(=O)(=O)CCO[Si](C)(C)C. The van der Waals surface area contributed by atoms with Gasteiger partial charge in [0.1, 0.15) is 5.94 Å². The number of hydrogen-bond donors (Lipinski definition) is 0. The van der Waals surface area contributed by atoms with Gasteiger partial charge in [-0.25, -0.2) is 16.8 Å². The van der Waals surface area contributed by atoms with Crippen molar-refractivity contribution in [2.75, 3.05) is 24.2 Å². The van der Waals surface area contributed by atoms with E-state index >= 15 is 0 Å². The third-order valence-corrected chi connectivity index (χ3v) is 5.08. The molecule has 0 rings (SSSR count). The quantitative estimate of drug-likeness (QED) is 0.583. The van der Waals surface area contributed by atoms with Crippen molar-refractivity contribution in [1.29, 1.82) is 0 Å². The highest BCUT2D eigenvalue weighted by molar-refractivity contribution is 7.94. The summed E-state index contributed by atoms with van der Waals surface area (Å²) in [6.07, 6.45) is 0. The molecule has 0 aromatic carbocycles. The van der Waals surface area contributed by atoms with Gasteiger partial charge in [0.15, 0.2) is 33.9 Å². The normalized spacial score (nSPS) is 13.5. The van der Waals surface area contributed by atoms with Crippen molar-refractivity contribution in [2.45, 2.75) is 19.6 Å². The highest BCUT2D eigenvalue weighted by Crippen LogP contribution is 2.03. The van der Waals surface area contributed by atoms with Gasteiger partial charge in [0.25, 0.3) is 0 Å². The van der Waals surface area contributed by atoms with Crippen LogP contribution >= 0.6 is 0 Å². The fourth-order valence-electron chi connectivity index (χ4n) is 0.859. The fraction of sp³-hybridized carbons (Fsp3) is 0.778. The molecule has 0 aromatic rings. The van der Waals surface area contributed by atoms with Crippen molar-refractivity contribution in [3.8, 4) is 0 Å². The van der Waals surface area contributed by atoms with E-state index in [-0.39, 0.29) is 12.4 Å². The summed E-state index contributed by atoms with van der Waals surface area (Å²) in [5.41, 5.74) is 0. The first kappa shape index (κ1) is 17.8. The topological polar surface area (TPSA) is 86.7 Å². The molecular weight excluding hydrogens is 296 g/mol. The van der Waals surface area contributed by atoms with Crippen molar-refractivity contribution in [1.82, 2.24) is 0 Å². The maximum Gasteiger partial charge on any atom is 0.195 e. The van der Waals surface area contributed by atoms with E-state index < -0.39 is 39.9 Å². The van der Waals surface area contributed by atoms with Gasteiger partial charge in [-0.15, -0.1) is 0 Å². The predicted molar refractivity (Wildman–Crippen MR) is 73.0 cm³/mol. The van der Waals surface area contributed by atoms with Crippen LogP contribution < -0.4 is 0 Å². The summed E-state index contributed by atoms with van der Waals surface area (Å²) in [6.45, 7) is 9.05. The van der Waals surface area contributed by atoms with Crippen LogP contribution in [0.3, 0.4) is 0 Å². The average molecular weight is 316 g/mol. The van der Waals surface area contributed by atoms with Crippen LogP contribution in [0.1, 0.15) is 0 Å². The molecule has 0 saturated carbocycles. The Labute approximate surface area is 110 Å². The number of hydrogen-bond acceptors (Lipinski definition) is 6. The van der Waals surface area contributed by atoms with E-state index in [0.717, 1.165) is 5.41 Å². The molecule has 0 N–H and O–H groups in total. The second-order valence-corrected chi connectivity index (χ2v) is 13.2. The molecule has 0 aromatic heterocycles. The molecule has 0 heterocycles. The minimum absolute atomic E-state index is 0.107. The Morgan fingerprint density at radius 2 is 1.67 bits per heavy atom. The summed E-state index contributed by atoms with van der Waals surface area (Å²) in [4.78, 5) is 0. The Hall–Kier alpha value is -0.223. The van der Waals surface area contributed by atoms with Gasteiger partial charge in [0, 0.05) is 12.0 Å². The first-order valence-electron chi connectivity index (χ1n) is 5.25. The maximum absolute atomic E-state index is 11.5. The molecule has 6 nitrogen and oxygen atoms in total. The predicted octanol–water partition coefficient (Wildman–Crippen LogP) is 0.743. The molecule has 108 valence electrons. The fourth-order valence-corrected chi connectivity index (χ4v) is 3.03. The van der Waals surface area contributed by atoms with Crippen molar-refractivity contribution >= 4 is 28.0 Å². The smallest absolute Gasteiger partial charge is 0.195 e. The first-order chi connectivity index (χ1) is 7.97. The number of rotatable bonds is 9. The van der Waals surface area contributed by atoms with Crippen molar-refractivity contribution in [3.63, 3.8) is 0 Å². The second kappa shape index (κ2) is 6.80. The summed E-state index contributed by atoms with van der Waals surface area (Å²) in [7, 11) is -8.73. The Morgan fingerprint density at radius 1 is 1.11 bits per heavy atom. The van der Waals surface area contributed by atoms with Crippen LogP contribution in [0.15, 0.2) is 12.0 Å². The lowest BCUT2D eigenvalue weighted by Gasteiger charge is -2.16. The highest BCUT2D eigenvalue weighted by Gasteiger charge is 2.18. The van der Waals surface area contributed by atoms with Gasteiger partial charge in [-0.2, -0.15) is 0 Å². The van der Waals surface area contributed by atoms with Crippen LogP contribution in [0.2, 0.25) is 19.6 Å². The lowest BCUT2D eigenvalue weighted by molar-refractivity contribution is 0.224. The molecule has 0 aliphatic carbocycles. The molecule has 0 aliphatic heterocycles. The molecular formula is C9H20O6S2Si. The Balaban J connectivity index is 4.07. The minimum atomic E-state index is -3.53. The van der Waals surface area contributed by atoms with Crippen molar-refractivity contribution in [3.05, 3.63) is 12.0 Å². The van der Waals surface area contributed by atoms with E-state index in [1.165, 1.54) is 0 Å². The van der Waals surface area contributed by atoms with Gasteiger partial charge in [-0.1, -0.05) is 6.58 Å². The van der Waals surface area contributed by atoms with E-state index in [9.17, 15) is 16.8 Å². The van der Waals surface area contributed by atoms with Crippen LogP contribution in [-0.2, 0) is 28.8 Å². The zero-order valence-corrected chi connectivity index (χ0v) is 13.5. The van der Waals surface area contributed by atoms with Crippen LogP contribution in [0.25, 0.3) is 0 Å². The van der Waals surface area contributed by atoms with E-state index in [2.05, 4.69) is 11.3 Å². The third-order valence-electron chi connectivity index (χ3n) is 1.69. The van der Waals surface area contributed by atoms with Crippen LogP contribution in [0.4, 0.5) is 0 Å². The molecule has 9 heteroatoms. The molecule has 0 aliphatic rings. The number of ether oxygens (including phenoxy) is 1. The van der Waals surface area contributed by atoms with Crippen LogP contribution in [-0.4, -0.2) is 49.4 Å². The Kier molecular flexibility index (Phi) is 6.72. The van der Waals surface area contributed by atoms with Crippen molar-refractivity contribution < 1.29 is 26.0 Å².